The van der Waals surface area contributed by atoms with E-state index < -0.39 is 31.1 Å². The van der Waals surface area contributed by atoms with Gasteiger partial charge >= 0.3 is 0 Å². The van der Waals surface area contributed by atoms with Gasteiger partial charge in [-0.1, -0.05) is 0 Å². The Morgan fingerprint density at radius 1 is 1.34 bits per heavy atom. The van der Waals surface area contributed by atoms with Gasteiger partial charge in [0.1, 0.15) is 23.8 Å². The summed E-state index contributed by atoms with van der Waals surface area (Å²) in [6.45, 7) is 1.84. The Kier molecular flexibility index (Phi) is 4.87. The second-order valence-corrected chi connectivity index (χ2v) is 6.50. The first-order chi connectivity index (χ1) is 14.0. The van der Waals surface area contributed by atoms with Gasteiger partial charge < -0.3 is 30.7 Å². The lowest BCUT2D eigenvalue weighted by Crippen LogP contribution is -2.33. The number of carbonyl (C=O) groups excluding carboxylic acids is 1. The maximum Gasteiger partial charge on any atom is 0.254 e. The predicted molar refractivity (Wildman–Crippen MR) is 99.0 cm³/mol. The van der Waals surface area contributed by atoms with Crippen molar-refractivity contribution in [2.75, 3.05) is 23.8 Å². The molecule has 0 aliphatic carbocycles. The number of anilines is 2. The number of nitrogens with two attached hydrogens (primary N) is 1. The number of ether oxygens (including phenoxy) is 1. The van der Waals surface area contributed by atoms with E-state index in [2.05, 4.69) is 20.1 Å². The molecule has 1 amide bonds. The molecule has 13 heteroatoms. The van der Waals surface area contributed by atoms with E-state index in [1.807, 2.05) is 6.92 Å². The molecule has 4 rings (SSSR count). The molecule has 1 aliphatic heterocycles. The van der Waals surface area contributed by atoms with E-state index in [4.69, 9.17) is 10.5 Å². The van der Waals surface area contributed by atoms with Crippen LogP contribution >= 0.6 is 0 Å². The lowest BCUT2D eigenvalue weighted by atomic mass is 10.1. The number of nitrogens with zero attached hydrogens (tertiary/aromatic N) is 7. The molecule has 0 aromatic carbocycles. The first-order valence-electron chi connectivity index (χ1n) is 8.88. The van der Waals surface area contributed by atoms with Crippen LogP contribution in [0.5, 0.6) is 0 Å². The first-order valence-corrected chi connectivity index (χ1v) is 8.88. The second-order valence-electron chi connectivity index (χ2n) is 6.50. The van der Waals surface area contributed by atoms with Crippen molar-refractivity contribution >= 4 is 29.1 Å². The molecule has 29 heavy (non-hydrogen) atoms. The first kappa shape index (κ1) is 19.2. The zero-order chi connectivity index (χ0) is 20.7. The van der Waals surface area contributed by atoms with Crippen LogP contribution < -0.4 is 10.6 Å². The number of nitrogen functional groups attached to an aromatic ring is 1. The highest BCUT2D eigenvalue weighted by atomic mass is 16.6. The fourth-order valence-electron chi connectivity index (χ4n) is 3.21. The quantitative estimate of drug-likeness (QED) is 0.342. The van der Waals surface area contributed by atoms with Gasteiger partial charge in [0.05, 0.1) is 31.0 Å². The number of rotatable bonds is 6. The van der Waals surface area contributed by atoms with E-state index in [1.165, 1.54) is 26.7 Å². The smallest absolute Gasteiger partial charge is 0.254 e. The molecule has 0 bridgehead atoms. The average molecular weight is 404 g/mol. The maximum atomic E-state index is 11.1. The van der Waals surface area contributed by atoms with Crippen molar-refractivity contribution in [3.05, 3.63) is 18.7 Å². The number of fused-ring (bicyclic) bond motifs is 1. The van der Waals surface area contributed by atoms with Crippen LogP contribution in [0.3, 0.4) is 0 Å². The van der Waals surface area contributed by atoms with Gasteiger partial charge in [-0.25, -0.2) is 9.67 Å². The van der Waals surface area contributed by atoms with Crippen molar-refractivity contribution in [1.82, 2.24) is 29.3 Å². The van der Waals surface area contributed by atoms with Crippen molar-refractivity contribution < 1.29 is 24.9 Å². The standard InChI is InChI=1S/C16H20N8O5/c1-2-22(7-26)8-3-19-24(4-8)16-20-13(17)10-14(21-16)23(6-18-10)15-12(28)11(27)9(5-25)29-15/h3-4,6-7,9,11-12,15,25,27-28H,2,5H2,1H3,(H2,17,20,21)/t9?,11-,12-,15-/m1/s1. The van der Waals surface area contributed by atoms with Crippen molar-refractivity contribution in [3.63, 3.8) is 0 Å². The van der Waals surface area contributed by atoms with Crippen molar-refractivity contribution in [1.29, 1.82) is 0 Å². The summed E-state index contributed by atoms with van der Waals surface area (Å²) in [5.74, 6) is 0.201. The summed E-state index contributed by atoms with van der Waals surface area (Å²) in [4.78, 5) is 25.3. The third-order valence-electron chi connectivity index (χ3n) is 4.80. The number of amides is 1. The third-order valence-corrected chi connectivity index (χ3v) is 4.80. The Morgan fingerprint density at radius 3 is 2.79 bits per heavy atom. The predicted octanol–water partition coefficient (Wildman–Crippen LogP) is -1.81. The van der Waals surface area contributed by atoms with Crippen LogP contribution in [-0.2, 0) is 9.53 Å². The van der Waals surface area contributed by atoms with E-state index in [0.717, 1.165) is 0 Å². The largest absolute Gasteiger partial charge is 0.394 e. The highest BCUT2D eigenvalue weighted by Gasteiger charge is 2.44. The molecule has 1 unspecified atom stereocenters. The van der Waals surface area contributed by atoms with E-state index >= 15 is 0 Å². The molecule has 1 fully saturated rings. The van der Waals surface area contributed by atoms with Crippen LogP contribution in [0.2, 0.25) is 0 Å². The fraction of sp³-hybridized carbons (Fsp3) is 0.438. The van der Waals surface area contributed by atoms with E-state index in [-0.39, 0.29) is 22.9 Å². The van der Waals surface area contributed by atoms with Gasteiger partial charge in [-0.3, -0.25) is 9.36 Å². The van der Waals surface area contributed by atoms with Crippen LogP contribution in [0.15, 0.2) is 18.7 Å². The summed E-state index contributed by atoms with van der Waals surface area (Å²) in [6, 6.07) is 0. The van der Waals surface area contributed by atoms with Crippen molar-refractivity contribution in [2.24, 2.45) is 0 Å². The minimum Gasteiger partial charge on any atom is -0.394 e. The molecule has 4 atom stereocenters. The molecule has 0 radical (unpaired) electrons. The molecule has 1 saturated heterocycles. The Hall–Kier alpha value is -3.13. The Morgan fingerprint density at radius 2 is 2.14 bits per heavy atom. The molecule has 154 valence electrons. The molecule has 1 aliphatic rings. The fourth-order valence-corrected chi connectivity index (χ4v) is 3.21. The minimum atomic E-state index is -1.30. The van der Waals surface area contributed by atoms with E-state index in [0.29, 0.717) is 18.6 Å². The number of imidazole rings is 1. The summed E-state index contributed by atoms with van der Waals surface area (Å²) >= 11 is 0. The van der Waals surface area contributed by atoms with Gasteiger partial charge in [0.25, 0.3) is 5.95 Å². The Balaban J connectivity index is 1.76. The molecule has 0 saturated carbocycles. The second kappa shape index (κ2) is 7.36. The van der Waals surface area contributed by atoms with Gasteiger partial charge in [0.2, 0.25) is 6.41 Å². The number of hydrogen-bond donors (Lipinski definition) is 4. The average Bonchev–Trinajstić information content (AvgIpc) is 3.42. The Labute approximate surface area is 164 Å². The van der Waals surface area contributed by atoms with Gasteiger partial charge in [0.15, 0.2) is 17.7 Å². The molecule has 4 heterocycles. The van der Waals surface area contributed by atoms with Crippen molar-refractivity contribution in [3.8, 4) is 5.95 Å². The normalized spacial score (nSPS) is 24.3. The number of hydrogen-bond acceptors (Lipinski definition) is 10. The number of aliphatic hydroxyl groups is 3. The number of carbonyl (C=O) groups is 1. The van der Waals surface area contributed by atoms with Crippen LogP contribution in [0.25, 0.3) is 17.1 Å². The molecule has 0 spiro atoms. The van der Waals surface area contributed by atoms with Crippen molar-refractivity contribution in [2.45, 2.75) is 31.5 Å². The third kappa shape index (κ3) is 3.09. The lowest BCUT2D eigenvalue weighted by molar-refractivity contribution is -0.107. The zero-order valence-corrected chi connectivity index (χ0v) is 15.4. The van der Waals surface area contributed by atoms with E-state index in [1.54, 1.807) is 6.20 Å². The zero-order valence-electron chi connectivity index (χ0n) is 15.4. The number of aliphatic hydroxyl groups excluding tert-OH is 3. The summed E-state index contributed by atoms with van der Waals surface area (Å²) in [7, 11) is 0. The monoisotopic (exact) mass is 404 g/mol. The summed E-state index contributed by atoms with van der Waals surface area (Å²) < 4.78 is 8.31. The minimum absolute atomic E-state index is 0.0790. The highest BCUT2D eigenvalue weighted by molar-refractivity contribution is 5.82. The SMILES string of the molecule is CCN(C=O)c1cnn(-c2nc(N)c3ncn([C@@H]4OC(CO)[C@@H](O)[C@H]4O)c3n2)c1. The number of aromatic nitrogens is 6. The van der Waals surface area contributed by atoms with Gasteiger partial charge in [0, 0.05) is 6.54 Å². The highest BCUT2D eigenvalue weighted by Crippen LogP contribution is 2.32. The molecule has 3 aromatic heterocycles. The molecular formula is C16H20N8O5. The van der Waals surface area contributed by atoms with E-state index in [9.17, 15) is 20.1 Å². The molecular weight excluding hydrogens is 384 g/mol. The maximum absolute atomic E-state index is 11.1. The topological polar surface area (TPSA) is 178 Å². The molecule has 3 aromatic rings. The van der Waals surface area contributed by atoms with Crippen LogP contribution in [-0.4, -0.2) is 82.5 Å². The van der Waals surface area contributed by atoms with Gasteiger partial charge in [-0.2, -0.15) is 15.1 Å². The van der Waals surface area contributed by atoms with Gasteiger partial charge in [-0.15, -0.1) is 0 Å². The van der Waals surface area contributed by atoms with Gasteiger partial charge in [-0.05, 0) is 6.92 Å². The summed E-state index contributed by atoms with van der Waals surface area (Å²) in [6.07, 6.45) is 0.591. The summed E-state index contributed by atoms with van der Waals surface area (Å²) in [5, 5.41) is 33.8. The Bertz CT molecular complexity index is 1040. The van der Waals surface area contributed by atoms with Crippen LogP contribution in [0.4, 0.5) is 11.5 Å². The molecule has 5 N–H and O–H groups in total. The van der Waals surface area contributed by atoms with Crippen LogP contribution in [0.1, 0.15) is 13.2 Å². The molecule has 13 nitrogen and oxygen atoms in total. The van der Waals surface area contributed by atoms with Crippen LogP contribution in [0, 0.1) is 0 Å². The lowest BCUT2D eigenvalue weighted by Gasteiger charge is -2.16. The summed E-state index contributed by atoms with van der Waals surface area (Å²) in [5.41, 5.74) is 7.10.